The second-order valence-electron chi connectivity index (χ2n) is 4.06. The standard InChI is InChI=1S/C11H12N2O4S/c12-9(14)6-13-10(15)7-18(16,17)11(13)8-4-2-1-3-5-8/h1-5,11H,6-7H2,(H2,12,14). The predicted octanol–water partition coefficient (Wildman–Crippen LogP) is -0.572. The van der Waals surface area contributed by atoms with Gasteiger partial charge >= 0.3 is 0 Å². The molecule has 0 spiro atoms. The number of hydrogen-bond donors (Lipinski definition) is 1. The van der Waals surface area contributed by atoms with Crippen molar-refractivity contribution >= 4 is 21.7 Å². The molecule has 0 saturated carbocycles. The molecule has 96 valence electrons. The SMILES string of the molecule is NC(=O)CN1C(=O)CS(=O)(=O)C1c1ccccc1. The lowest BCUT2D eigenvalue weighted by atomic mass is 10.2. The van der Waals surface area contributed by atoms with E-state index >= 15 is 0 Å². The van der Waals surface area contributed by atoms with Crippen LogP contribution in [-0.2, 0) is 19.4 Å². The fourth-order valence-electron chi connectivity index (χ4n) is 2.00. The fourth-order valence-corrected chi connectivity index (χ4v) is 3.82. The highest BCUT2D eigenvalue weighted by Crippen LogP contribution is 2.32. The van der Waals surface area contributed by atoms with Crippen molar-refractivity contribution in [3.05, 3.63) is 35.9 Å². The number of hydrogen-bond acceptors (Lipinski definition) is 4. The molecule has 2 N–H and O–H groups in total. The number of nitrogens with two attached hydrogens (primary N) is 1. The Morgan fingerprint density at radius 3 is 2.50 bits per heavy atom. The van der Waals surface area contributed by atoms with Gasteiger partial charge in [-0.3, -0.25) is 9.59 Å². The number of primary amides is 1. The summed E-state index contributed by atoms with van der Waals surface area (Å²) >= 11 is 0. The highest BCUT2D eigenvalue weighted by Gasteiger charge is 2.45. The molecule has 0 bridgehead atoms. The molecule has 1 heterocycles. The average molecular weight is 268 g/mol. The minimum absolute atomic E-state index is 0.391. The van der Waals surface area contributed by atoms with Gasteiger partial charge in [-0.25, -0.2) is 8.42 Å². The summed E-state index contributed by atoms with van der Waals surface area (Å²) in [5, 5.41) is -1.11. The second kappa shape index (κ2) is 4.41. The van der Waals surface area contributed by atoms with Crippen LogP contribution in [0.2, 0.25) is 0 Å². The van der Waals surface area contributed by atoms with Crippen LogP contribution < -0.4 is 5.73 Å². The van der Waals surface area contributed by atoms with Crippen LogP contribution in [0.3, 0.4) is 0 Å². The van der Waals surface area contributed by atoms with Crippen molar-refractivity contribution in [2.45, 2.75) is 5.37 Å². The molecule has 2 amide bonds. The van der Waals surface area contributed by atoms with Crippen molar-refractivity contribution in [1.82, 2.24) is 4.90 Å². The highest BCUT2D eigenvalue weighted by atomic mass is 32.2. The van der Waals surface area contributed by atoms with Crippen LogP contribution in [-0.4, -0.2) is 37.4 Å². The lowest BCUT2D eigenvalue weighted by molar-refractivity contribution is -0.132. The molecule has 0 aromatic heterocycles. The van der Waals surface area contributed by atoms with Crippen molar-refractivity contribution in [1.29, 1.82) is 0 Å². The predicted molar refractivity (Wildman–Crippen MR) is 63.9 cm³/mol. The number of sulfone groups is 1. The van der Waals surface area contributed by atoms with E-state index < -0.39 is 39.3 Å². The van der Waals surface area contributed by atoms with E-state index in [4.69, 9.17) is 5.73 Å². The van der Waals surface area contributed by atoms with Gasteiger partial charge in [0.05, 0.1) is 0 Å². The summed E-state index contributed by atoms with van der Waals surface area (Å²) in [4.78, 5) is 23.6. The molecule has 1 aliphatic rings. The number of carbonyl (C=O) groups excluding carboxylic acids is 2. The minimum atomic E-state index is -3.62. The van der Waals surface area contributed by atoms with Crippen LogP contribution in [0.1, 0.15) is 10.9 Å². The first-order valence-corrected chi connectivity index (χ1v) is 6.97. The zero-order chi connectivity index (χ0) is 13.3. The Hall–Kier alpha value is -1.89. The van der Waals surface area contributed by atoms with E-state index in [0.717, 1.165) is 4.90 Å². The van der Waals surface area contributed by atoms with Crippen molar-refractivity contribution < 1.29 is 18.0 Å². The van der Waals surface area contributed by atoms with Crippen LogP contribution in [0, 0.1) is 0 Å². The molecule has 1 atom stereocenters. The number of amides is 2. The topological polar surface area (TPSA) is 97.5 Å². The smallest absolute Gasteiger partial charge is 0.239 e. The summed E-state index contributed by atoms with van der Waals surface area (Å²) in [6.45, 7) is -0.391. The fraction of sp³-hybridized carbons (Fsp3) is 0.273. The van der Waals surface area contributed by atoms with Gasteiger partial charge in [0.25, 0.3) is 0 Å². The van der Waals surface area contributed by atoms with Gasteiger partial charge in [0, 0.05) is 0 Å². The number of carbonyl (C=O) groups is 2. The Balaban J connectivity index is 2.45. The molecule has 6 nitrogen and oxygen atoms in total. The summed E-state index contributed by atoms with van der Waals surface area (Å²) in [6, 6.07) is 8.31. The number of benzene rings is 1. The first kappa shape index (κ1) is 12.6. The third-order valence-corrected chi connectivity index (χ3v) is 4.54. The van der Waals surface area contributed by atoms with Gasteiger partial charge in [-0.1, -0.05) is 30.3 Å². The first-order chi connectivity index (χ1) is 8.42. The number of nitrogens with zero attached hydrogens (tertiary/aromatic N) is 1. The molecule has 0 radical (unpaired) electrons. The Morgan fingerprint density at radius 1 is 1.33 bits per heavy atom. The molecule has 1 aliphatic heterocycles. The summed E-state index contributed by atoms with van der Waals surface area (Å²) < 4.78 is 23.9. The third-order valence-electron chi connectivity index (χ3n) is 2.68. The number of rotatable bonds is 3. The van der Waals surface area contributed by atoms with Gasteiger partial charge in [-0.15, -0.1) is 0 Å². The quantitative estimate of drug-likeness (QED) is 0.793. The van der Waals surface area contributed by atoms with Crippen LogP contribution in [0.5, 0.6) is 0 Å². The maximum Gasteiger partial charge on any atom is 0.239 e. The first-order valence-electron chi connectivity index (χ1n) is 5.26. The van der Waals surface area contributed by atoms with E-state index in [-0.39, 0.29) is 0 Å². The third kappa shape index (κ3) is 2.21. The van der Waals surface area contributed by atoms with Gasteiger partial charge in [0.1, 0.15) is 12.3 Å². The summed E-state index contributed by atoms with van der Waals surface area (Å²) in [5.41, 5.74) is 5.50. The molecule has 1 unspecified atom stereocenters. The second-order valence-corrected chi connectivity index (χ2v) is 6.12. The molecule has 2 rings (SSSR count). The molecule has 0 aliphatic carbocycles. The molecule has 1 aromatic rings. The lowest BCUT2D eigenvalue weighted by Gasteiger charge is -2.22. The van der Waals surface area contributed by atoms with E-state index in [1.54, 1.807) is 30.3 Å². The van der Waals surface area contributed by atoms with Crippen LogP contribution in [0.25, 0.3) is 0 Å². The zero-order valence-electron chi connectivity index (χ0n) is 9.44. The van der Waals surface area contributed by atoms with E-state index in [1.807, 2.05) is 0 Å². The Kier molecular flexibility index (Phi) is 3.08. The minimum Gasteiger partial charge on any atom is -0.368 e. The van der Waals surface area contributed by atoms with Crippen molar-refractivity contribution in [2.24, 2.45) is 5.73 Å². The molecule has 18 heavy (non-hydrogen) atoms. The van der Waals surface area contributed by atoms with E-state index in [1.165, 1.54) is 0 Å². The van der Waals surface area contributed by atoms with Crippen molar-refractivity contribution in [2.75, 3.05) is 12.3 Å². The van der Waals surface area contributed by atoms with Crippen LogP contribution >= 0.6 is 0 Å². The van der Waals surface area contributed by atoms with Gasteiger partial charge in [0.2, 0.25) is 11.8 Å². The van der Waals surface area contributed by atoms with Crippen molar-refractivity contribution in [3.8, 4) is 0 Å². The van der Waals surface area contributed by atoms with E-state index in [2.05, 4.69) is 0 Å². The Labute approximate surface area is 104 Å². The van der Waals surface area contributed by atoms with Gasteiger partial charge < -0.3 is 10.6 Å². The summed E-state index contributed by atoms with van der Waals surface area (Å²) in [6.07, 6.45) is 0. The highest BCUT2D eigenvalue weighted by molar-refractivity contribution is 7.92. The van der Waals surface area contributed by atoms with Crippen LogP contribution in [0.4, 0.5) is 0 Å². The van der Waals surface area contributed by atoms with E-state index in [0.29, 0.717) is 5.56 Å². The molecule has 1 aromatic carbocycles. The molecular formula is C11H12N2O4S. The molecular weight excluding hydrogens is 256 g/mol. The maximum atomic E-state index is 11.9. The largest absolute Gasteiger partial charge is 0.368 e. The molecule has 7 heteroatoms. The molecule has 1 fully saturated rings. The average Bonchev–Trinajstić information content (AvgIpc) is 2.49. The summed E-state index contributed by atoms with van der Waals surface area (Å²) in [7, 11) is -3.62. The summed E-state index contributed by atoms with van der Waals surface area (Å²) in [5.74, 6) is -1.91. The monoisotopic (exact) mass is 268 g/mol. The Morgan fingerprint density at radius 2 is 1.94 bits per heavy atom. The lowest BCUT2D eigenvalue weighted by Crippen LogP contribution is -2.37. The normalized spacial score (nSPS) is 22.1. The van der Waals surface area contributed by atoms with Crippen LogP contribution in [0.15, 0.2) is 30.3 Å². The van der Waals surface area contributed by atoms with Gasteiger partial charge in [-0.2, -0.15) is 0 Å². The maximum absolute atomic E-state index is 11.9. The van der Waals surface area contributed by atoms with Gasteiger partial charge in [0.15, 0.2) is 15.2 Å². The van der Waals surface area contributed by atoms with Crippen molar-refractivity contribution in [3.63, 3.8) is 0 Å². The van der Waals surface area contributed by atoms with E-state index in [9.17, 15) is 18.0 Å². The van der Waals surface area contributed by atoms with Gasteiger partial charge in [-0.05, 0) is 5.56 Å². The zero-order valence-corrected chi connectivity index (χ0v) is 10.3. The molecule has 1 saturated heterocycles. The Bertz CT molecular complexity index is 582.